The van der Waals surface area contributed by atoms with Crippen LogP contribution in [0.2, 0.25) is 0 Å². The Bertz CT molecular complexity index is 543. The van der Waals surface area contributed by atoms with Crippen molar-refractivity contribution in [1.82, 2.24) is 0 Å². The van der Waals surface area contributed by atoms with E-state index in [1.54, 1.807) is 0 Å². The zero-order valence-corrected chi connectivity index (χ0v) is 9.98. The molecule has 0 aliphatic heterocycles. The third kappa shape index (κ3) is 1.91. The molecule has 2 aromatic heterocycles. The molecule has 96 valence electrons. The van der Waals surface area contributed by atoms with E-state index in [2.05, 4.69) is 5.32 Å². The van der Waals surface area contributed by atoms with Gasteiger partial charge in [0.15, 0.2) is 0 Å². The summed E-state index contributed by atoms with van der Waals surface area (Å²) in [6.07, 6.45) is 0. The minimum Gasteiger partial charge on any atom is -0.740 e. The molecule has 0 aromatic carbocycles. The molecule has 0 bridgehead atoms. The fourth-order valence-electron chi connectivity index (χ4n) is 1.38. The van der Waals surface area contributed by atoms with Crippen LogP contribution in [0.1, 0.15) is 4.88 Å². The number of aromatic nitrogens is 2. The van der Waals surface area contributed by atoms with Crippen molar-refractivity contribution in [1.29, 1.82) is 0 Å². The van der Waals surface area contributed by atoms with Crippen molar-refractivity contribution in [3.63, 3.8) is 0 Å². The molecule has 0 fully saturated rings. The number of hydrogen-bond donors (Lipinski definition) is 4. The van der Waals surface area contributed by atoms with Gasteiger partial charge in [0.1, 0.15) is 6.54 Å². The molecule has 18 heavy (non-hydrogen) atoms. The molecule has 0 saturated carbocycles. The van der Waals surface area contributed by atoms with Gasteiger partial charge in [0.05, 0.1) is 0 Å². The fraction of sp³-hybridized carbons (Fsp3) is 0.111. The average molecular weight is 269 g/mol. The second-order valence-electron chi connectivity index (χ2n) is 3.46. The number of hydrogen-bond acceptors (Lipinski definition) is 7. The summed E-state index contributed by atoms with van der Waals surface area (Å²) in [4.78, 5) is 0.947. The molecule has 2 rings (SSSR count). The van der Waals surface area contributed by atoms with Crippen molar-refractivity contribution in [2.45, 2.75) is 6.54 Å². The molecule has 9 heteroatoms. The molecule has 6 N–H and O–H groups in total. The molecule has 0 spiro atoms. The van der Waals surface area contributed by atoms with Crippen molar-refractivity contribution >= 4 is 28.8 Å². The van der Waals surface area contributed by atoms with E-state index in [-0.39, 0.29) is 15.3 Å². The van der Waals surface area contributed by atoms with Crippen LogP contribution in [0.3, 0.4) is 0 Å². The first-order valence-corrected chi connectivity index (χ1v) is 5.79. The maximum atomic E-state index is 11.6. The summed E-state index contributed by atoms with van der Waals surface area (Å²) in [6.45, 7) is 0.313. The minimum absolute atomic E-state index is 0.0900. The lowest BCUT2D eigenvalue weighted by Gasteiger charge is -2.16. The van der Waals surface area contributed by atoms with E-state index in [0.29, 0.717) is 6.54 Å². The predicted molar refractivity (Wildman–Crippen MR) is 66.5 cm³/mol. The maximum Gasteiger partial charge on any atom is 0.360 e. The van der Waals surface area contributed by atoms with E-state index in [4.69, 9.17) is 11.5 Å². The van der Waals surface area contributed by atoms with Crippen molar-refractivity contribution in [2.24, 2.45) is 0 Å². The largest absolute Gasteiger partial charge is 0.740 e. The maximum absolute atomic E-state index is 11.6. The van der Waals surface area contributed by atoms with Crippen molar-refractivity contribution in [2.75, 3.05) is 16.8 Å². The normalized spacial score (nSPS) is 10.4. The monoisotopic (exact) mass is 269 g/mol. The molecular formula is C9H11N5O3S. The Morgan fingerprint density at radius 2 is 2.00 bits per heavy atom. The lowest BCUT2D eigenvalue weighted by molar-refractivity contribution is -0.639. The molecular weight excluding hydrogens is 258 g/mol. The van der Waals surface area contributed by atoms with Crippen LogP contribution in [0.25, 0.3) is 0 Å². The van der Waals surface area contributed by atoms with Gasteiger partial charge in [0.2, 0.25) is 0 Å². The highest BCUT2D eigenvalue weighted by atomic mass is 32.1. The molecule has 0 aliphatic rings. The number of aromatic hydroxyl groups is 1. The number of thiophene rings is 1. The van der Waals surface area contributed by atoms with E-state index in [1.165, 1.54) is 11.3 Å². The summed E-state index contributed by atoms with van der Waals surface area (Å²) in [5.74, 6) is -2.14. The van der Waals surface area contributed by atoms with Crippen LogP contribution in [-0.2, 0) is 6.54 Å². The van der Waals surface area contributed by atoms with Crippen LogP contribution in [0.5, 0.6) is 5.88 Å². The number of nitrogens with two attached hydrogens (primary N) is 2. The van der Waals surface area contributed by atoms with Gasteiger partial charge >= 0.3 is 23.3 Å². The zero-order chi connectivity index (χ0) is 13.3. The number of rotatable bonds is 3. The summed E-state index contributed by atoms with van der Waals surface area (Å²) in [5.41, 5.74) is 10.7. The number of nitrogens with one attached hydrogen (secondary N) is 1. The Hall–Kier alpha value is -2.42. The Morgan fingerprint density at radius 3 is 2.61 bits per heavy atom. The van der Waals surface area contributed by atoms with Gasteiger partial charge in [-0.3, -0.25) is 5.32 Å². The average Bonchev–Trinajstić information content (AvgIpc) is 2.87. The standard InChI is InChI=1S/C9H11N5O3S/c10-6-8(12-4-5-2-1-3-18-5)14(17)9(15)7(11)13(6)16/h1-3,12,15H,4,10-11H2. The minimum atomic E-state index is -0.882. The van der Waals surface area contributed by atoms with Gasteiger partial charge in [0.25, 0.3) is 0 Å². The second kappa shape index (κ2) is 4.45. The van der Waals surface area contributed by atoms with Crippen LogP contribution >= 0.6 is 11.3 Å². The Balaban J connectivity index is 2.33. The van der Waals surface area contributed by atoms with Gasteiger partial charge in [0, 0.05) is 4.88 Å². The van der Waals surface area contributed by atoms with Gasteiger partial charge in [-0.05, 0) is 11.4 Å². The van der Waals surface area contributed by atoms with E-state index in [0.717, 1.165) is 4.88 Å². The fourth-order valence-corrected chi connectivity index (χ4v) is 2.02. The topological polar surface area (TPSA) is 138 Å². The SMILES string of the molecule is Nc1c(O)[n+]([O-])c(NCc2cccs2)c(N)[n+]1[O-]. The van der Waals surface area contributed by atoms with Crippen LogP contribution in [0.4, 0.5) is 17.5 Å². The van der Waals surface area contributed by atoms with Crippen molar-refractivity contribution < 1.29 is 14.6 Å². The molecule has 0 aliphatic carbocycles. The molecule has 2 heterocycles. The van der Waals surface area contributed by atoms with E-state index < -0.39 is 17.5 Å². The van der Waals surface area contributed by atoms with Gasteiger partial charge in [-0.15, -0.1) is 11.3 Å². The molecule has 0 atom stereocenters. The number of anilines is 3. The third-order valence-electron chi connectivity index (χ3n) is 2.31. The van der Waals surface area contributed by atoms with Crippen LogP contribution in [-0.4, -0.2) is 5.11 Å². The molecule has 0 unspecified atom stereocenters. The van der Waals surface area contributed by atoms with Gasteiger partial charge < -0.3 is 27.0 Å². The summed E-state index contributed by atoms with van der Waals surface area (Å²) < 4.78 is 0.188. The third-order valence-corrected chi connectivity index (χ3v) is 3.19. The molecule has 2 aromatic rings. The lowest BCUT2D eigenvalue weighted by Crippen LogP contribution is -2.44. The van der Waals surface area contributed by atoms with Gasteiger partial charge in [-0.25, -0.2) is 4.73 Å². The smallest absolute Gasteiger partial charge is 0.360 e. The molecule has 0 amide bonds. The van der Waals surface area contributed by atoms with Crippen LogP contribution < -0.4 is 26.2 Å². The Morgan fingerprint density at radius 1 is 1.28 bits per heavy atom. The highest BCUT2D eigenvalue weighted by molar-refractivity contribution is 7.09. The Labute approximate surface area is 106 Å². The highest BCUT2D eigenvalue weighted by Gasteiger charge is 2.23. The van der Waals surface area contributed by atoms with E-state index in [1.807, 2.05) is 17.5 Å². The Kier molecular flexibility index (Phi) is 2.98. The first-order valence-electron chi connectivity index (χ1n) is 4.91. The van der Waals surface area contributed by atoms with E-state index in [9.17, 15) is 15.5 Å². The van der Waals surface area contributed by atoms with Crippen molar-refractivity contribution in [3.05, 3.63) is 32.8 Å². The first-order chi connectivity index (χ1) is 8.52. The molecule has 0 saturated heterocycles. The quantitative estimate of drug-likeness (QED) is 0.437. The molecule has 0 radical (unpaired) electrons. The van der Waals surface area contributed by atoms with Crippen LogP contribution in [0, 0.1) is 10.4 Å². The van der Waals surface area contributed by atoms with Crippen LogP contribution in [0.15, 0.2) is 17.5 Å². The first kappa shape index (κ1) is 12.0. The summed E-state index contributed by atoms with van der Waals surface area (Å²) >= 11 is 1.48. The van der Waals surface area contributed by atoms with Gasteiger partial charge in [-0.1, -0.05) is 6.07 Å². The lowest BCUT2D eigenvalue weighted by atomic mass is 10.4. The predicted octanol–water partition coefficient (Wildman–Crippen LogP) is -0.503. The summed E-state index contributed by atoms with van der Waals surface area (Å²) in [7, 11) is 0. The zero-order valence-electron chi connectivity index (χ0n) is 9.16. The highest BCUT2D eigenvalue weighted by Crippen LogP contribution is 2.18. The second-order valence-corrected chi connectivity index (χ2v) is 4.50. The summed E-state index contributed by atoms with van der Waals surface area (Å²) in [5, 5.41) is 37.0. The van der Waals surface area contributed by atoms with Gasteiger partial charge in [-0.2, -0.15) is 4.73 Å². The van der Waals surface area contributed by atoms with Crippen molar-refractivity contribution in [3.8, 4) is 5.88 Å². The van der Waals surface area contributed by atoms with E-state index >= 15 is 0 Å². The number of nitrogen functional groups attached to an aromatic ring is 2. The summed E-state index contributed by atoms with van der Waals surface area (Å²) in [6, 6.07) is 3.70. The number of nitrogens with zero attached hydrogens (tertiary/aromatic N) is 2. The molecule has 8 nitrogen and oxygen atoms in total.